The van der Waals surface area contributed by atoms with E-state index in [9.17, 15) is 13.2 Å². The van der Waals surface area contributed by atoms with Crippen molar-refractivity contribution in [1.82, 2.24) is 10.0 Å². The van der Waals surface area contributed by atoms with Crippen LogP contribution in [0.25, 0.3) is 0 Å². The van der Waals surface area contributed by atoms with Crippen LogP contribution >= 0.6 is 0 Å². The summed E-state index contributed by atoms with van der Waals surface area (Å²) in [6.45, 7) is 5.90. The van der Waals surface area contributed by atoms with Gasteiger partial charge in [0.1, 0.15) is 12.4 Å². The van der Waals surface area contributed by atoms with Crippen molar-refractivity contribution in [1.29, 1.82) is 0 Å². The maximum Gasteiger partial charge on any atom is 0.342 e. The summed E-state index contributed by atoms with van der Waals surface area (Å²) in [5.41, 5.74) is 2.49. The van der Waals surface area contributed by atoms with Crippen LogP contribution in [-0.4, -0.2) is 33.2 Å². The van der Waals surface area contributed by atoms with Crippen molar-refractivity contribution in [3.05, 3.63) is 41.1 Å². The molecule has 0 spiro atoms. The molecule has 0 saturated heterocycles. The van der Waals surface area contributed by atoms with Crippen LogP contribution < -0.4 is 14.8 Å². The molecule has 0 aromatic heterocycles. The van der Waals surface area contributed by atoms with E-state index >= 15 is 0 Å². The number of nitrogens with one attached hydrogen (secondary N) is 2. The standard InChI is InChI=1S/C16H21N3O4S/c1-11-4-6-14(7-5-11)23-9-8-17-16(20)10-15-12(2)18-24(21,22)19-13(15)3/h4-7,18H,8-10H2,1-3H3,(H,17,20). The zero-order valence-electron chi connectivity index (χ0n) is 13.9. The molecule has 0 bridgehead atoms. The molecule has 0 unspecified atom stereocenters. The Morgan fingerprint density at radius 2 is 1.88 bits per heavy atom. The third-order valence-electron chi connectivity index (χ3n) is 3.48. The molecule has 7 nitrogen and oxygen atoms in total. The Kier molecular flexibility index (Phi) is 5.61. The highest BCUT2D eigenvalue weighted by Gasteiger charge is 2.21. The highest BCUT2D eigenvalue weighted by Crippen LogP contribution is 2.16. The van der Waals surface area contributed by atoms with Gasteiger partial charge in [0.25, 0.3) is 0 Å². The zero-order valence-corrected chi connectivity index (χ0v) is 14.7. The minimum Gasteiger partial charge on any atom is -0.492 e. The van der Waals surface area contributed by atoms with Gasteiger partial charge in [-0.1, -0.05) is 17.7 Å². The molecule has 1 aliphatic rings. The number of benzene rings is 1. The lowest BCUT2D eigenvalue weighted by molar-refractivity contribution is -0.120. The molecule has 1 aromatic carbocycles. The molecule has 130 valence electrons. The summed E-state index contributed by atoms with van der Waals surface area (Å²) < 4.78 is 34.2. The van der Waals surface area contributed by atoms with Gasteiger partial charge in [-0.25, -0.2) is 0 Å². The third kappa shape index (κ3) is 5.09. The largest absolute Gasteiger partial charge is 0.492 e. The molecular weight excluding hydrogens is 330 g/mol. The molecule has 1 aliphatic heterocycles. The Bertz CT molecular complexity index is 780. The second-order valence-corrected chi connectivity index (χ2v) is 6.88. The lowest BCUT2D eigenvalue weighted by atomic mass is 10.1. The lowest BCUT2D eigenvalue weighted by Crippen LogP contribution is -2.32. The Hall–Kier alpha value is -2.35. The van der Waals surface area contributed by atoms with E-state index < -0.39 is 10.2 Å². The van der Waals surface area contributed by atoms with Gasteiger partial charge in [-0.15, -0.1) is 4.40 Å². The first-order valence-electron chi connectivity index (χ1n) is 7.52. The summed E-state index contributed by atoms with van der Waals surface area (Å²) in [5.74, 6) is 0.533. The summed E-state index contributed by atoms with van der Waals surface area (Å²) in [4.78, 5) is 12.0. The highest BCUT2D eigenvalue weighted by molar-refractivity contribution is 7.88. The molecule has 1 amide bonds. The topological polar surface area (TPSA) is 96.9 Å². The van der Waals surface area contributed by atoms with Crippen molar-refractivity contribution in [3.8, 4) is 5.75 Å². The number of allylic oxidation sites excluding steroid dienone is 1. The van der Waals surface area contributed by atoms with Gasteiger partial charge in [-0.05, 0) is 32.9 Å². The fraction of sp³-hybridized carbons (Fsp3) is 0.375. The molecule has 0 atom stereocenters. The van der Waals surface area contributed by atoms with Crippen LogP contribution in [0.15, 0.2) is 39.9 Å². The summed E-state index contributed by atoms with van der Waals surface area (Å²) in [6.07, 6.45) is 0.0637. The predicted molar refractivity (Wildman–Crippen MR) is 92.2 cm³/mol. The second-order valence-electron chi connectivity index (χ2n) is 5.55. The number of hydrogen-bond acceptors (Lipinski definition) is 4. The van der Waals surface area contributed by atoms with Crippen LogP contribution in [0.3, 0.4) is 0 Å². The van der Waals surface area contributed by atoms with Gasteiger partial charge >= 0.3 is 10.2 Å². The number of rotatable bonds is 6. The normalized spacial score (nSPS) is 16.2. The Labute approximate surface area is 142 Å². The van der Waals surface area contributed by atoms with Gasteiger partial charge in [0.05, 0.1) is 18.7 Å². The van der Waals surface area contributed by atoms with Crippen LogP contribution in [0.4, 0.5) is 0 Å². The quantitative estimate of drug-likeness (QED) is 0.758. The van der Waals surface area contributed by atoms with Crippen molar-refractivity contribution in [2.45, 2.75) is 27.2 Å². The molecule has 0 saturated carbocycles. The van der Waals surface area contributed by atoms with Gasteiger partial charge in [0.2, 0.25) is 5.91 Å². The Balaban J connectivity index is 1.79. The molecule has 0 radical (unpaired) electrons. The summed E-state index contributed by atoms with van der Waals surface area (Å²) in [6, 6.07) is 7.66. The first-order valence-corrected chi connectivity index (χ1v) is 8.96. The molecule has 1 aromatic rings. The fourth-order valence-electron chi connectivity index (χ4n) is 2.26. The van der Waals surface area contributed by atoms with E-state index in [2.05, 4.69) is 14.4 Å². The number of carbonyl (C=O) groups is 1. The van der Waals surface area contributed by atoms with Crippen molar-refractivity contribution < 1.29 is 17.9 Å². The maximum absolute atomic E-state index is 12.0. The van der Waals surface area contributed by atoms with E-state index in [1.807, 2.05) is 31.2 Å². The molecule has 0 fully saturated rings. The summed E-state index contributed by atoms with van der Waals surface area (Å²) >= 11 is 0. The predicted octanol–water partition coefficient (Wildman–Crippen LogP) is 1.46. The first kappa shape index (κ1) is 18.0. The monoisotopic (exact) mass is 351 g/mol. The van der Waals surface area contributed by atoms with Crippen LogP contribution in [-0.2, 0) is 15.0 Å². The smallest absolute Gasteiger partial charge is 0.342 e. The average Bonchev–Trinajstić information content (AvgIpc) is 2.48. The van der Waals surface area contributed by atoms with Crippen LogP contribution in [0.2, 0.25) is 0 Å². The summed E-state index contributed by atoms with van der Waals surface area (Å²) in [7, 11) is -3.68. The average molecular weight is 351 g/mol. The van der Waals surface area contributed by atoms with E-state index in [4.69, 9.17) is 4.74 Å². The number of amides is 1. The SMILES string of the molecule is CC1=NS(=O)(=O)NC(C)=C1CC(=O)NCCOc1ccc(C)cc1. The molecule has 2 rings (SSSR count). The van der Waals surface area contributed by atoms with Gasteiger partial charge in [0.15, 0.2) is 0 Å². The van der Waals surface area contributed by atoms with E-state index in [1.54, 1.807) is 13.8 Å². The van der Waals surface area contributed by atoms with Crippen molar-refractivity contribution >= 4 is 21.8 Å². The van der Waals surface area contributed by atoms with Gasteiger partial charge in [-0.3, -0.25) is 9.52 Å². The molecule has 0 aliphatic carbocycles. The molecule has 1 heterocycles. The van der Waals surface area contributed by atoms with E-state index in [1.165, 1.54) is 0 Å². The minimum atomic E-state index is -3.68. The first-order chi connectivity index (χ1) is 11.3. The van der Waals surface area contributed by atoms with Crippen LogP contribution in [0.1, 0.15) is 25.8 Å². The van der Waals surface area contributed by atoms with Gasteiger partial charge in [0, 0.05) is 11.3 Å². The number of hydrogen-bond donors (Lipinski definition) is 2. The molecular formula is C16H21N3O4S. The van der Waals surface area contributed by atoms with Crippen LogP contribution in [0, 0.1) is 6.92 Å². The number of carbonyl (C=O) groups excluding carboxylic acids is 1. The van der Waals surface area contributed by atoms with Crippen molar-refractivity contribution in [3.63, 3.8) is 0 Å². The second kappa shape index (κ2) is 7.48. The van der Waals surface area contributed by atoms with E-state index in [-0.39, 0.29) is 12.3 Å². The third-order valence-corrected chi connectivity index (χ3v) is 4.56. The molecule has 2 N–H and O–H groups in total. The molecule has 24 heavy (non-hydrogen) atoms. The number of ether oxygens (including phenoxy) is 1. The fourth-order valence-corrected chi connectivity index (χ4v) is 3.29. The minimum absolute atomic E-state index is 0.0637. The zero-order chi connectivity index (χ0) is 17.7. The van der Waals surface area contributed by atoms with Gasteiger partial charge in [-0.2, -0.15) is 8.42 Å². The maximum atomic E-state index is 12.0. The Morgan fingerprint density at radius 3 is 2.50 bits per heavy atom. The van der Waals surface area contributed by atoms with Gasteiger partial charge < -0.3 is 10.1 Å². The number of aryl methyl sites for hydroxylation is 1. The van der Waals surface area contributed by atoms with E-state index in [0.717, 1.165) is 11.3 Å². The van der Waals surface area contributed by atoms with Crippen molar-refractivity contribution in [2.24, 2.45) is 4.40 Å². The van der Waals surface area contributed by atoms with Crippen LogP contribution in [0.5, 0.6) is 5.75 Å². The highest BCUT2D eigenvalue weighted by atomic mass is 32.2. The lowest BCUT2D eigenvalue weighted by Gasteiger charge is -2.17. The van der Waals surface area contributed by atoms with Crippen molar-refractivity contribution in [2.75, 3.05) is 13.2 Å². The Morgan fingerprint density at radius 1 is 1.21 bits per heavy atom. The number of nitrogens with zero attached hydrogens (tertiary/aromatic N) is 1. The molecule has 8 heteroatoms. The summed E-state index contributed by atoms with van der Waals surface area (Å²) in [5, 5.41) is 2.74. The van der Waals surface area contributed by atoms with E-state index in [0.29, 0.717) is 30.1 Å².